The molecule has 1 aliphatic rings. The van der Waals surface area contributed by atoms with Crippen LogP contribution in [0.3, 0.4) is 0 Å². The fourth-order valence-electron chi connectivity index (χ4n) is 3.17. The third kappa shape index (κ3) is 4.31. The van der Waals surface area contributed by atoms with Crippen molar-refractivity contribution in [2.45, 2.75) is 31.7 Å². The molecule has 3 heteroatoms. The maximum atomic E-state index is 3.72. The second-order valence-corrected chi connectivity index (χ2v) is 6.58. The van der Waals surface area contributed by atoms with Crippen LogP contribution in [-0.2, 0) is 0 Å². The number of hydrogen-bond acceptors (Lipinski definition) is 2. The molecule has 1 heterocycles. The van der Waals surface area contributed by atoms with E-state index in [1.54, 1.807) is 0 Å². The van der Waals surface area contributed by atoms with Crippen LogP contribution in [-0.4, -0.2) is 54.4 Å². The Balaban J connectivity index is 2.05. The Bertz CT molecular complexity index is 382. The minimum Gasteiger partial charge on any atom is -0.305 e. The molecule has 0 N–H and O–H groups in total. The second kappa shape index (κ2) is 8.16. The Morgan fingerprint density at radius 2 is 2.00 bits per heavy atom. The van der Waals surface area contributed by atoms with Crippen LogP contribution in [0.4, 0.5) is 0 Å². The first-order valence-electron chi connectivity index (χ1n) is 7.78. The number of nitrogens with zero attached hydrogens (tertiary/aromatic N) is 2. The van der Waals surface area contributed by atoms with Crippen LogP contribution in [0.15, 0.2) is 30.3 Å². The van der Waals surface area contributed by atoms with E-state index in [-0.39, 0.29) is 0 Å². The SMILES string of the molecule is CCC1CN(C)CCCN1CC(CBr)c1ccccc1. The Hall–Kier alpha value is -0.380. The van der Waals surface area contributed by atoms with E-state index in [9.17, 15) is 0 Å². The molecule has 1 saturated heterocycles. The third-order valence-corrected chi connectivity index (χ3v) is 5.19. The molecule has 2 nitrogen and oxygen atoms in total. The predicted octanol–water partition coefficient (Wildman–Crippen LogP) is 3.58. The molecule has 0 bridgehead atoms. The van der Waals surface area contributed by atoms with E-state index in [1.807, 2.05) is 0 Å². The number of halogens is 1. The number of alkyl halides is 1. The van der Waals surface area contributed by atoms with Crippen molar-refractivity contribution in [3.05, 3.63) is 35.9 Å². The number of benzene rings is 1. The Labute approximate surface area is 132 Å². The first-order chi connectivity index (χ1) is 9.74. The van der Waals surface area contributed by atoms with Gasteiger partial charge in [0.25, 0.3) is 0 Å². The second-order valence-electron chi connectivity index (χ2n) is 5.93. The molecule has 2 atom stereocenters. The largest absolute Gasteiger partial charge is 0.305 e. The highest BCUT2D eigenvalue weighted by Crippen LogP contribution is 2.22. The predicted molar refractivity (Wildman–Crippen MR) is 90.7 cm³/mol. The number of likely N-dealkylation sites (N-methyl/N-ethyl adjacent to an activating group) is 1. The summed E-state index contributed by atoms with van der Waals surface area (Å²) in [6.07, 6.45) is 2.53. The van der Waals surface area contributed by atoms with E-state index in [4.69, 9.17) is 0 Å². The summed E-state index contributed by atoms with van der Waals surface area (Å²) >= 11 is 3.72. The summed E-state index contributed by atoms with van der Waals surface area (Å²) in [5, 5.41) is 1.04. The fourth-order valence-corrected chi connectivity index (χ4v) is 3.75. The summed E-state index contributed by atoms with van der Waals surface area (Å²) in [6, 6.07) is 11.6. The van der Waals surface area contributed by atoms with Gasteiger partial charge in [-0.15, -0.1) is 0 Å². The van der Waals surface area contributed by atoms with Crippen LogP contribution in [0.1, 0.15) is 31.2 Å². The molecular weight excluding hydrogens is 312 g/mol. The molecule has 2 unspecified atom stereocenters. The zero-order valence-electron chi connectivity index (χ0n) is 12.8. The third-order valence-electron chi connectivity index (χ3n) is 4.41. The minimum absolute atomic E-state index is 0.591. The summed E-state index contributed by atoms with van der Waals surface area (Å²) in [5.74, 6) is 0.591. The van der Waals surface area contributed by atoms with E-state index >= 15 is 0 Å². The van der Waals surface area contributed by atoms with Crippen LogP contribution in [0.5, 0.6) is 0 Å². The summed E-state index contributed by atoms with van der Waals surface area (Å²) in [6.45, 7) is 7.17. The average Bonchev–Trinajstić information content (AvgIpc) is 2.66. The van der Waals surface area contributed by atoms with Crippen molar-refractivity contribution >= 4 is 15.9 Å². The molecule has 1 aromatic rings. The summed E-state index contributed by atoms with van der Waals surface area (Å²) in [5.41, 5.74) is 1.46. The first kappa shape index (κ1) is 16.0. The molecule has 0 radical (unpaired) electrons. The standard InChI is InChI=1S/C17H27BrN2/c1-3-17-14-19(2)10-7-11-20(17)13-16(12-18)15-8-5-4-6-9-15/h4-6,8-9,16-17H,3,7,10-14H2,1-2H3. The molecule has 20 heavy (non-hydrogen) atoms. The average molecular weight is 339 g/mol. The van der Waals surface area contributed by atoms with E-state index in [0.29, 0.717) is 12.0 Å². The van der Waals surface area contributed by atoms with Gasteiger partial charge in [0.2, 0.25) is 0 Å². The van der Waals surface area contributed by atoms with E-state index < -0.39 is 0 Å². The quantitative estimate of drug-likeness (QED) is 0.757. The molecule has 2 rings (SSSR count). The molecule has 1 aromatic carbocycles. The van der Waals surface area contributed by atoms with Crippen molar-refractivity contribution < 1.29 is 0 Å². The molecule has 0 amide bonds. The maximum Gasteiger partial charge on any atom is 0.0220 e. The van der Waals surface area contributed by atoms with Crippen molar-refractivity contribution in [1.29, 1.82) is 0 Å². The summed E-state index contributed by atoms with van der Waals surface area (Å²) in [4.78, 5) is 5.20. The van der Waals surface area contributed by atoms with Crippen molar-refractivity contribution in [3.63, 3.8) is 0 Å². The highest BCUT2D eigenvalue weighted by molar-refractivity contribution is 9.09. The van der Waals surface area contributed by atoms with Gasteiger partial charge in [0.1, 0.15) is 0 Å². The van der Waals surface area contributed by atoms with Crippen LogP contribution in [0.25, 0.3) is 0 Å². The van der Waals surface area contributed by atoms with E-state index in [2.05, 4.69) is 70.0 Å². The Morgan fingerprint density at radius 3 is 2.65 bits per heavy atom. The maximum absolute atomic E-state index is 3.72. The van der Waals surface area contributed by atoms with Gasteiger partial charge >= 0.3 is 0 Å². The lowest BCUT2D eigenvalue weighted by molar-refractivity contribution is 0.176. The number of hydrogen-bond donors (Lipinski definition) is 0. The van der Waals surface area contributed by atoms with Gasteiger partial charge in [0.15, 0.2) is 0 Å². The monoisotopic (exact) mass is 338 g/mol. The Kier molecular flexibility index (Phi) is 6.53. The van der Waals surface area contributed by atoms with Gasteiger partial charge in [-0.05, 0) is 38.5 Å². The molecular formula is C17H27BrN2. The molecule has 1 aliphatic heterocycles. The summed E-state index contributed by atoms with van der Waals surface area (Å²) in [7, 11) is 2.26. The molecule has 0 spiro atoms. The van der Waals surface area contributed by atoms with Gasteiger partial charge < -0.3 is 4.90 Å². The number of rotatable bonds is 5. The first-order valence-corrected chi connectivity index (χ1v) is 8.90. The summed E-state index contributed by atoms with van der Waals surface area (Å²) < 4.78 is 0. The van der Waals surface area contributed by atoms with Gasteiger partial charge in [-0.25, -0.2) is 0 Å². The molecule has 0 saturated carbocycles. The highest BCUT2D eigenvalue weighted by atomic mass is 79.9. The fraction of sp³-hybridized carbons (Fsp3) is 0.647. The smallest absolute Gasteiger partial charge is 0.0220 e. The van der Waals surface area contributed by atoms with Crippen molar-refractivity contribution in [1.82, 2.24) is 9.80 Å². The van der Waals surface area contributed by atoms with Gasteiger partial charge in [0, 0.05) is 30.4 Å². The van der Waals surface area contributed by atoms with Crippen LogP contribution < -0.4 is 0 Å². The van der Waals surface area contributed by atoms with Crippen molar-refractivity contribution in [3.8, 4) is 0 Å². The molecule has 0 aliphatic carbocycles. The molecule has 1 fully saturated rings. The zero-order valence-corrected chi connectivity index (χ0v) is 14.3. The zero-order chi connectivity index (χ0) is 14.4. The van der Waals surface area contributed by atoms with Gasteiger partial charge in [-0.3, -0.25) is 4.90 Å². The van der Waals surface area contributed by atoms with Gasteiger partial charge in [0.05, 0.1) is 0 Å². The minimum atomic E-state index is 0.591. The van der Waals surface area contributed by atoms with Gasteiger partial charge in [-0.1, -0.05) is 53.2 Å². The normalized spacial score (nSPS) is 23.4. The Morgan fingerprint density at radius 1 is 1.25 bits per heavy atom. The highest BCUT2D eigenvalue weighted by Gasteiger charge is 2.24. The van der Waals surface area contributed by atoms with Crippen LogP contribution in [0.2, 0.25) is 0 Å². The van der Waals surface area contributed by atoms with E-state index in [0.717, 1.165) is 5.33 Å². The van der Waals surface area contributed by atoms with E-state index in [1.165, 1.54) is 44.6 Å². The molecule has 112 valence electrons. The van der Waals surface area contributed by atoms with Crippen molar-refractivity contribution in [2.75, 3.05) is 38.6 Å². The van der Waals surface area contributed by atoms with Crippen LogP contribution in [0, 0.1) is 0 Å². The lowest BCUT2D eigenvalue weighted by atomic mass is 9.99. The van der Waals surface area contributed by atoms with Gasteiger partial charge in [-0.2, -0.15) is 0 Å². The lowest BCUT2D eigenvalue weighted by Gasteiger charge is -2.33. The molecule has 0 aromatic heterocycles. The lowest BCUT2D eigenvalue weighted by Crippen LogP contribution is -2.42. The topological polar surface area (TPSA) is 6.48 Å². The van der Waals surface area contributed by atoms with Crippen molar-refractivity contribution in [2.24, 2.45) is 0 Å². The van der Waals surface area contributed by atoms with Crippen LogP contribution >= 0.6 is 15.9 Å².